The number of amides is 2. The Balaban J connectivity index is 1.89. The SMILES string of the molecule is O=C(O)CC1COCCN1C(=O)NCc1cncs1. The summed E-state index contributed by atoms with van der Waals surface area (Å²) in [6.07, 6.45) is 1.59. The number of ether oxygens (including phenoxy) is 1. The molecule has 1 unspecified atom stereocenters. The molecule has 2 rings (SSSR count). The normalized spacial score (nSPS) is 19.2. The lowest BCUT2D eigenvalue weighted by atomic mass is 10.1. The van der Waals surface area contributed by atoms with Gasteiger partial charge < -0.3 is 20.1 Å². The molecule has 1 fully saturated rings. The molecular weight excluding hydrogens is 270 g/mol. The van der Waals surface area contributed by atoms with Crippen LogP contribution in [0, 0.1) is 0 Å². The van der Waals surface area contributed by atoms with E-state index in [0.29, 0.717) is 19.7 Å². The van der Waals surface area contributed by atoms with Crippen molar-refractivity contribution in [1.29, 1.82) is 0 Å². The number of rotatable bonds is 4. The highest BCUT2D eigenvalue weighted by molar-refractivity contribution is 7.09. The summed E-state index contributed by atoms with van der Waals surface area (Å²) in [4.78, 5) is 29.2. The van der Waals surface area contributed by atoms with Gasteiger partial charge in [0.05, 0.1) is 37.7 Å². The largest absolute Gasteiger partial charge is 0.481 e. The summed E-state index contributed by atoms with van der Waals surface area (Å²) < 4.78 is 5.22. The van der Waals surface area contributed by atoms with Crippen LogP contribution in [0.3, 0.4) is 0 Å². The molecular formula is C11H15N3O4S. The van der Waals surface area contributed by atoms with Crippen molar-refractivity contribution in [2.45, 2.75) is 19.0 Å². The molecule has 1 aliphatic rings. The van der Waals surface area contributed by atoms with Gasteiger partial charge in [-0.1, -0.05) is 0 Å². The van der Waals surface area contributed by atoms with Crippen molar-refractivity contribution >= 4 is 23.3 Å². The molecule has 1 aromatic heterocycles. The van der Waals surface area contributed by atoms with Crippen LogP contribution in [0.1, 0.15) is 11.3 Å². The van der Waals surface area contributed by atoms with E-state index in [1.54, 1.807) is 11.7 Å². The first kappa shape index (κ1) is 13.8. The van der Waals surface area contributed by atoms with Crippen molar-refractivity contribution in [2.75, 3.05) is 19.8 Å². The van der Waals surface area contributed by atoms with Gasteiger partial charge in [0.1, 0.15) is 0 Å². The van der Waals surface area contributed by atoms with Crippen LogP contribution in [-0.4, -0.2) is 52.8 Å². The summed E-state index contributed by atoms with van der Waals surface area (Å²) >= 11 is 1.46. The van der Waals surface area contributed by atoms with Crippen LogP contribution < -0.4 is 5.32 Å². The van der Waals surface area contributed by atoms with E-state index in [4.69, 9.17) is 9.84 Å². The smallest absolute Gasteiger partial charge is 0.318 e. The predicted molar refractivity (Wildman–Crippen MR) is 67.9 cm³/mol. The Morgan fingerprint density at radius 2 is 2.47 bits per heavy atom. The Hall–Kier alpha value is -1.67. The standard InChI is InChI=1S/C11H15N3O4S/c15-10(16)3-8-6-18-2-1-14(8)11(17)13-5-9-4-12-7-19-9/h4,7-8H,1-3,5-6H2,(H,13,17)(H,15,16). The average Bonchev–Trinajstić information content (AvgIpc) is 2.89. The Labute approximate surface area is 114 Å². The number of nitrogens with zero attached hydrogens (tertiary/aromatic N) is 2. The van der Waals surface area contributed by atoms with E-state index in [0.717, 1.165) is 4.88 Å². The van der Waals surface area contributed by atoms with Crippen molar-refractivity contribution in [3.63, 3.8) is 0 Å². The fraction of sp³-hybridized carbons (Fsp3) is 0.545. The molecule has 0 radical (unpaired) electrons. The number of carbonyl (C=O) groups is 2. The van der Waals surface area contributed by atoms with Gasteiger partial charge in [0, 0.05) is 17.6 Å². The number of nitrogens with one attached hydrogen (secondary N) is 1. The second-order valence-corrected chi connectivity index (χ2v) is 5.12. The molecule has 2 heterocycles. The molecule has 0 saturated carbocycles. The zero-order chi connectivity index (χ0) is 13.7. The van der Waals surface area contributed by atoms with Gasteiger partial charge in [-0.05, 0) is 0 Å². The quantitative estimate of drug-likeness (QED) is 0.842. The first-order valence-corrected chi connectivity index (χ1v) is 6.76. The molecule has 0 aliphatic carbocycles. The molecule has 1 aliphatic heterocycles. The van der Waals surface area contributed by atoms with Crippen molar-refractivity contribution in [3.05, 3.63) is 16.6 Å². The highest BCUT2D eigenvalue weighted by Gasteiger charge is 2.28. The third kappa shape index (κ3) is 3.90. The lowest BCUT2D eigenvalue weighted by Crippen LogP contribution is -2.52. The maximum absolute atomic E-state index is 12.0. The maximum atomic E-state index is 12.0. The monoisotopic (exact) mass is 285 g/mol. The molecule has 19 heavy (non-hydrogen) atoms. The second kappa shape index (κ2) is 6.48. The average molecular weight is 285 g/mol. The molecule has 1 aromatic rings. The number of carbonyl (C=O) groups excluding carboxylic acids is 1. The lowest BCUT2D eigenvalue weighted by Gasteiger charge is -2.34. The summed E-state index contributed by atoms with van der Waals surface area (Å²) in [7, 11) is 0. The topological polar surface area (TPSA) is 91.8 Å². The van der Waals surface area contributed by atoms with Crippen LogP contribution in [0.15, 0.2) is 11.7 Å². The highest BCUT2D eigenvalue weighted by atomic mass is 32.1. The summed E-state index contributed by atoms with van der Waals surface area (Å²) in [5.41, 5.74) is 1.70. The third-order valence-electron chi connectivity index (χ3n) is 2.80. The molecule has 0 bridgehead atoms. The minimum Gasteiger partial charge on any atom is -0.481 e. The number of carboxylic acids is 1. The van der Waals surface area contributed by atoms with Gasteiger partial charge in [-0.3, -0.25) is 9.78 Å². The fourth-order valence-electron chi connectivity index (χ4n) is 1.89. The fourth-order valence-corrected chi connectivity index (χ4v) is 2.42. The van der Waals surface area contributed by atoms with E-state index in [-0.39, 0.29) is 19.1 Å². The molecule has 2 amide bonds. The van der Waals surface area contributed by atoms with Crippen molar-refractivity contribution < 1.29 is 19.4 Å². The van der Waals surface area contributed by atoms with Crippen molar-refractivity contribution in [1.82, 2.24) is 15.2 Å². The predicted octanol–water partition coefficient (Wildman–Crippen LogP) is 0.528. The van der Waals surface area contributed by atoms with Gasteiger partial charge in [0.25, 0.3) is 0 Å². The number of thiazole rings is 1. The van der Waals surface area contributed by atoms with Crippen LogP contribution in [-0.2, 0) is 16.1 Å². The van der Waals surface area contributed by atoms with E-state index in [9.17, 15) is 9.59 Å². The number of hydrogen-bond donors (Lipinski definition) is 2. The van der Waals surface area contributed by atoms with Gasteiger partial charge in [-0.2, -0.15) is 0 Å². The second-order valence-electron chi connectivity index (χ2n) is 4.15. The summed E-state index contributed by atoms with van der Waals surface area (Å²) in [6, 6.07) is -0.671. The van der Waals surface area contributed by atoms with Gasteiger partial charge in [0.15, 0.2) is 0 Å². The van der Waals surface area contributed by atoms with E-state index in [2.05, 4.69) is 10.3 Å². The molecule has 1 saturated heterocycles. The Bertz CT molecular complexity index is 437. The van der Waals surface area contributed by atoms with Crippen molar-refractivity contribution in [3.8, 4) is 0 Å². The maximum Gasteiger partial charge on any atom is 0.318 e. The third-order valence-corrected chi connectivity index (χ3v) is 3.58. The minimum atomic E-state index is -0.934. The van der Waals surface area contributed by atoms with Gasteiger partial charge in [-0.25, -0.2) is 4.79 Å². The Morgan fingerprint density at radius 3 is 3.16 bits per heavy atom. The number of morpholine rings is 1. The molecule has 8 heteroatoms. The highest BCUT2D eigenvalue weighted by Crippen LogP contribution is 2.11. The number of urea groups is 1. The lowest BCUT2D eigenvalue weighted by molar-refractivity contribution is -0.139. The number of carboxylic acid groups (broad SMARTS) is 1. The van der Waals surface area contributed by atoms with Crippen LogP contribution >= 0.6 is 11.3 Å². The molecule has 1 atom stereocenters. The first-order chi connectivity index (χ1) is 9.16. The Morgan fingerprint density at radius 1 is 1.63 bits per heavy atom. The van der Waals surface area contributed by atoms with Crippen LogP contribution in [0.2, 0.25) is 0 Å². The van der Waals surface area contributed by atoms with Crippen LogP contribution in [0.4, 0.5) is 4.79 Å². The zero-order valence-electron chi connectivity index (χ0n) is 10.2. The van der Waals surface area contributed by atoms with Crippen LogP contribution in [0.25, 0.3) is 0 Å². The van der Waals surface area contributed by atoms with E-state index < -0.39 is 12.0 Å². The molecule has 0 aromatic carbocycles. The summed E-state index contributed by atoms with van der Waals surface area (Å²) in [5.74, 6) is -0.934. The van der Waals surface area contributed by atoms with Gasteiger partial charge in [0.2, 0.25) is 0 Å². The first-order valence-electron chi connectivity index (χ1n) is 5.88. The van der Waals surface area contributed by atoms with Gasteiger partial charge >= 0.3 is 12.0 Å². The van der Waals surface area contributed by atoms with E-state index in [1.807, 2.05) is 0 Å². The minimum absolute atomic E-state index is 0.103. The Kier molecular flexibility index (Phi) is 4.69. The zero-order valence-corrected chi connectivity index (χ0v) is 11.1. The molecule has 2 N–H and O–H groups in total. The molecule has 7 nitrogen and oxygen atoms in total. The van der Waals surface area contributed by atoms with E-state index >= 15 is 0 Å². The van der Waals surface area contributed by atoms with Crippen molar-refractivity contribution in [2.24, 2.45) is 0 Å². The molecule has 0 spiro atoms. The van der Waals surface area contributed by atoms with Crippen LogP contribution in [0.5, 0.6) is 0 Å². The summed E-state index contributed by atoms with van der Waals surface area (Å²) in [6.45, 7) is 1.51. The number of aromatic nitrogens is 1. The molecule has 104 valence electrons. The van der Waals surface area contributed by atoms with E-state index in [1.165, 1.54) is 16.2 Å². The number of hydrogen-bond acceptors (Lipinski definition) is 5. The summed E-state index contributed by atoms with van der Waals surface area (Å²) in [5, 5.41) is 11.6. The number of aliphatic carboxylic acids is 1. The van der Waals surface area contributed by atoms with Gasteiger partial charge in [-0.15, -0.1) is 11.3 Å².